The Labute approximate surface area is 144 Å². The first kappa shape index (κ1) is 18.5. The number of piperidine rings is 1. The second-order valence-electron chi connectivity index (χ2n) is 6.50. The summed E-state index contributed by atoms with van der Waals surface area (Å²) in [6, 6.07) is 7.64. The number of rotatable bonds is 8. The van der Waals surface area contributed by atoms with Gasteiger partial charge in [-0.3, -0.25) is 9.59 Å². The van der Waals surface area contributed by atoms with E-state index in [4.69, 9.17) is 0 Å². The average molecular weight is 331 g/mol. The number of carbonyl (C=O) groups is 2. The van der Waals surface area contributed by atoms with Gasteiger partial charge < -0.3 is 16.0 Å². The van der Waals surface area contributed by atoms with Gasteiger partial charge in [-0.1, -0.05) is 19.1 Å². The summed E-state index contributed by atoms with van der Waals surface area (Å²) >= 11 is 0. The van der Waals surface area contributed by atoms with Crippen molar-refractivity contribution in [2.75, 3.05) is 18.4 Å². The van der Waals surface area contributed by atoms with Crippen molar-refractivity contribution in [3.8, 4) is 0 Å². The predicted octanol–water partition coefficient (Wildman–Crippen LogP) is 2.82. The lowest BCUT2D eigenvalue weighted by Crippen LogP contribution is -2.29. The Morgan fingerprint density at radius 3 is 2.46 bits per heavy atom. The molecule has 24 heavy (non-hydrogen) atoms. The van der Waals surface area contributed by atoms with E-state index >= 15 is 0 Å². The maximum absolute atomic E-state index is 12.0. The van der Waals surface area contributed by atoms with Crippen LogP contribution in [-0.4, -0.2) is 24.9 Å². The third-order valence-corrected chi connectivity index (χ3v) is 4.44. The second kappa shape index (κ2) is 10.1. The van der Waals surface area contributed by atoms with E-state index in [1.54, 1.807) is 0 Å². The van der Waals surface area contributed by atoms with Crippen molar-refractivity contribution in [3.05, 3.63) is 29.8 Å². The molecule has 2 rings (SSSR count). The molecule has 132 valence electrons. The molecule has 0 aliphatic carbocycles. The van der Waals surface area contributed by atoms with Crippen molar-refractivity contribution in [3.63, 3.8) is 0 Å². The number of carbonyl (C=O) groups excluding carboxylic acids is 2. The summed E-state index contributed by atoms with van der Waals surface area (Å²) in [6.07, 6.45) is 5.32. The molecular weight excluding hydrogens is 302 g/mol. The molecule has 1 aliphatic rings. The number of hydrogen-bond acceptors (Lipinski definition) is 3. The fourth-order valence-electron chi connectivity index (χ4n) is 2.95. The Balaban J connectivity index is 1.67. The zero-order chi connectivity index (χ0) is 17.2. The van der Waals surface area contributed by atoms with E-state index in [2.05, 4.69) is 16.0 Å². The molecule has 1 aliphatic heterocycles. The van der Waals surface area contributed by atoms with E-state index in [1.807, 2.05) is 31.2 Å². The van der Waals surface area contributed by atoms with Crippen LogP contribution in [0, 0.1) is 5.92 Å². The summed E-state index contributed by atoms with van der Waals surface area (Å²) in [5, 5.41) is 9.18. The van der Waals surface area contributed by atoms with Gasteiger partial charge in [0.1, 0.15) is 0 Å². The molecule has 1 heterocycles. The highest BCUT2D eigenvalue weighted by Crippen LogP contribution is 2.17. The average Bonchev–Trinajstić information content (AvgIpc) is 2.60. The molecule has 1 fully saturated rings. The summed E-state index contributed by atoms with van der Waals surface area (Å²) in [5.74, 6) is 0.841. The van der Waals surface area contributed by atoms with Crippen LogP contribution in [0.25, 0.3) is 0 Å². The van der Waals surface area contributed by atoms with Crippen molar-refractivity contribution >= 4 is 17.5 Å². The first-order valence-corrected chi connectivity index (χ1v) is 9.03. The monoisotopic (exact) mass is 331 g/mol. The SMILES string of the molecule is CCCC(=O)Nc1ccc(CNC(=O)CCC2CCNCC2)cc1. The van der Waals surface area contributed by atoms with Gasteiger partial charge in [0.05, 0.1) is 0 Å². The lowest BCUT2D eigenvalue weighted by Gasteiger charge is -2.22. The lowest BCUT2D eigenvalue weighted by atomic mass is 9.93. The first-order chi connectivity index (χ1) is 11.7. The van der Waals surface area contributed by atoms with E-state index in [9.17, 15) is 9.59 Å². The van der Waals surface area contributed by atoms with E-state index < -0.39 is 0 Å². The van der Waals surface area contributed by atoms with Crippen molar-refractivity contribution in [1.29, 1.82) is 0 Å². The lowest BCUT2D eigenvalue weighted by molar-refractivity contribution is -0.121. The normalized spacial score (nSPS) is 15.0. The summed E-state index contributed by atoms with van der Waals surface area (Å²) in [7, 11) is 0. The fraction of sp³-hybridized carbons (Fsp3) is 0.579. The molecule has 0 radical (unpaired) electrons. The summed E-state index contributed by atoms with van der Waals surface area (Å²) in [6.45, 7) is 4.67. The molecule has 1 aromatic rings. The van der Waals surface area contributed by atoms with Gasteiger partial charge in [0.2, 0.25) is 11.8 Å². The van der Waals surface area contributed by atoms with Crippen LogP contribution in [0.3, 0.4) is 0 Å². The highest BCUT2D eigenvalue weighted by molar-refractivity contribution is 5.90. The van der Waals surface area contributed by atoms with Gasteiger partial charge in [0.15, 0.2) is 0 Å². The molecule has 0 unspecified atom stereocenters. The number of hydrogen-bond donors (Lipinski definition) is 3. The summed E-state index contributed by atoms with van der Waals surface area (Å²) in [4.78, 5) is 23.5. The van der Waals surface area contributed by atoms with Gasteiger partial charge in [0.25, 0.3) is 0 Å². The molecule has 0 aromatic heterocycles. The molecule has 1 aromatic carbocycles. The molecule has 5 nitrogen and oxygen atoms in total. The first-order valence-electron chi connectivity index (χ1n) is 9.03. The highest BCUT2D eigenvalue weighted by atomic mass is 16.2. The zero-order valence-corrected chi connectivity index (χ0v) is 14.6. The maximum atomic E-state index is 12.0. The summed E-state index contributed by atoms with van der Waals surface area (Å²) in [5.41, 5.74) is 1.84. The van der Waals surface area contributed by atoms with Crippen LogP contribution in [0.15, 0.2) is 24.3 Å². The van der Waals surface area contributed by atoms with Crippen LogP contribution in [0.4, 0.5) is 5.69 Å². The Kier molecular flexibility index (Phi) is 7.75. The smallest absolute Gasteiger partial charge is 0.224 e. The van der Waals surface area contributed by atoms with Crippen LogP contribution in [0.1, 0.15) is 51.0 Å². The zero-order valence-electron chi connectivity index (χ0n) is 14.6. The minimum Gasteiger partial charge on any atom is -0.352 e. The number of benzene rings is 1. The topological polar surface area (TPSA) is 70.2 Å². The Bertz CT molecular complexity index is 522. The van der Waals surface area contributed by atoms with Crippen molar-refractivity contribution in [2.24, 2.45) is 5.92 Å². The number of amides is 2. The van der Waals surface area contributed by atoms with Gasteiger partial charge in [-0.25, -0.2) is 0 Å². The molecule has 0 atom stereocenters. The van der Waals surface area contributed by atoms with Gasteiger partial charge >= 0.3 is 0 Å². The van der Waals surface area contributed by atoms with Crippen molar-refractivity contribution in [1.82, 2.24) is 10.6 Å². The van der Waals surface area contributed by atoms with Gasteiger partial charge in [-0.2, -0.15) is 0 Å². The molecule has 0 spiro atoms. The quantitative estimate of drug-likeness (QED) is 0.686. The molecule has 2 amide bonds. The Morgan fingerprint density at radius 1 is 1.08 bits per heavy atom. The standard InChI is InChI=1S/C19H29N3O2/c1-2-3-19(24)22-17-7-4-16(5-8-17)14-21-18(23)9-6-15-10-12-20-13-11-15/h4-5,7-8,15,20H,2-3,6,9-14H2,1H3,(H,21,23)(H,22,24). The Hall–Kier alpha value is -1.88. The molecule has 1 saturated heterocycles. The number of anilines is 1. The second-order valence-corrected chi connectivity index (χ2v) is 6.50. The largest absolute Gasteiger partial charge is 0.352 e. The van der Waals surface area contributed by atoms with Crippen LogP contribution in [0.2, 0.25) is 0 Å². The molecule has 5 heteroatoms. The van der Waals surface area contributed by atoms with Gasteiger partial charge in [-0.05, 0) is 62.4 Å². The molecule has 3 N–H and O–H groups in total. The van der Waals surface area contributed by atoms with Crippen LogP contribution >= 0.6 is 0 Å². The molecule has 0 bridgehead atoms. The van der Waals surface area contributed by atoms with E-state index in [0.29, 0.717) is 25.3 Å². The molecular formula is C19H29N3O2. The van der Waals surface area contributed by atoms with Crippen LogP contribution in [0.5, 0.6) is 0 Å². The van der Waals surface area contributed by atoms with Gasteiger partial charge in [0, 0.05) is 25.1 Å². The van der Waals surface area contributed by atoms with E-state index in [0.717, 1.165) is 37.2 Å². The Morgan fingerprint density at radius 2 is 1.79 bits per heavy atom. The molecule has 0 saturated carbocycles. The fourth-order valence-corrected chi connectivity index (χ4v) is 2.95. The highest BCUT2D eigenvalue weighted by Gasteiger charge is 2.14. The summed E-state index contributed by atoms with van der Waals surface area (Å²) < 4.78 is 0. The van der Waals surface area contributed by atoms with E-state index in [1.165, 1.54) is 12.8 Å². The predicted molar refractivity (Wildman–Crippen MR) is 96.7 cm³/mol. The third kappa shape index (κ3) is 6.71. The van der Waals surface area contributed by atoms with Crippen molar-refractivity contribution in [2.45, 2.75) is 52.0 Å². The third-order valence-electron chi connectivity index (χ3n) is 4.44. The van der Waals surface area contributed by atoms with Crippen LogP contribution < -0.4 is 16.0 Å². The maximum Gasteiger partial charge on any atom is 0.224 e. The van der Waals surface area contributed by atoms with E-state index in [-0.39, 0.29) is 11.8 Å². The number of nitrogens with one attached hydrogen (secondary N) is 3. The minimum absolute atomic E-state index is 0.0384. The van der Waals surface area contributed by atoms with Crippen LogP contribution in [-0.2, 0) is 16.1 Å². The van der Waals surface area contributed by atoms with Crippen molar-refractivity contribution < 1.29 is 9.59 Å². The minimum atomic E-state index is 0.0384. The van der Waals surface area contributed by atoms with Gasteiger partial charge in [-0.15, -0.1) is 0 Å².